The van der Waals surface area contributed by atoms with Crippen molar-refractivity contribution in [3.8, 4) is 5.88 Å². The van der Waals surface area contributed by atoms with Gasteiger partial charge in [0.15, 0.2) is 0 Å². The van der Waals surface area contributed by atoms with Gasteiger partial charge in [0.05, 0.1) is 6.61 Å². The fraction of sp³-hybridized carbons (Fsp3) is 0.409. The number of nitrogens with one attached hydrogen (secondary N) is 1. The van der Waals surface area contributed by atoms with Crippen LogP contribution in [0.25, 0.3) is 0 Å². The number of carbonyl (C=O) groups is 2. The van der Waals surface area contributed by atoms with E-state index in [1.165, 1.54) is 0 Å². The van der Waals surface area contributed by atoms with Crippen molar-refractivity contribution in [1.29, 1.82) is 0 Å². The van der Waals surface area contributed by atoms with E-state index in [0.29, 0.717) is 31.5 Å². The van der Waals surface area contributed by atoms with Gasteiger partial charge in [-0.15, -0.1) is 0 Å². The lowest BCUT2D eigenvalue weighted by molar-refractivity contribution is -0.192. The zero-order chi connectivity index (χ0) is 24.4. The van der Waals surface area contributed by atoms with Crippen molar-refractivity contribution in [3.63, 3.8) is 0 Å². The summed E-state index contributed by atoms with van der Waals surface area (Å²) in [6.07, 6.45) is -3.06. The lowest BCUT2D eigenvalue weighted by Crippen LogP contribution is -2.43. The Morgan fingerprint density at radius 3 is 2.55 bits per heavy atom. The molecule has 4 N–H and O–H groups in total. The zero-order valence-electron chi connectivity index (χ0n) is 18.1. The van der Waals surface area contributed by atoms with Gasteiger partial charge in [-0.2, -0.15) is 13.2 Å². The first-order valence-corrected chi connectivity index (χ1v) is 10.3. The number of hydrogen-bond acceptors (Lipinski definition) is 5. The molecule has 0 spiro atoms. The number of piperidine rings is 1. The number of urea groups is 1. The van der Waals surface area contributed by atoms with Gasteiger partial charge >= 0.3 is 18.2 Å². The minimum Gasteiger partial charge on any atom is -0.477 e. The van der Waals surface area contributed by atoms with Gasteiger partial charge in [-0.25, -0.2) is 14.6 Å². The number of carbonyl (C=O) groups excluding carboxylic acids is 1. The molecule has 8 nitrogen and oxygen atoms in total. The second kappa shape index (κ2) is 12.0. The molecular formula is C22H27F3N4O4. The van der Waals surface area contributed by atoms with E-state index >= 15 is 0 Å². The molecule has 33 heavy (non-hydrogen) atoms. The fourth-order valence-electron chi connectivity index (χ4n) is 3.21. The van der Waals surface area contributed by atoms with Crippen LogP contribution in [0, 0.1) is 12.8 Å². The Hall–Kier alpha value is -3.34. The van der Waals surface area contributed by atoms with Gasteiger partial charge in [0.2, 0.25) is 5.88 Å². The monoisotopic (exact) mass is 468 g/mol. The molecule has 1 atom stereocenters. The second-order valence-corrected chi connectivity index (χ2v) is 7.52. The molecule has 180 valence electrons. The molecule has 0 aliphatic carbocycles. The first-order valence-electron chi connectivity index (χ1n) is 10.3. The molecule has 1 fully saturated rings. The van der Waals surface area contributed by atoms with E-state index in [9.17, 15) is 18.0 Å². The van der Waals surface area contributed by atoms with E-state index < -0.39 is 12.1 Å². The number of aliphatic carboxylic acids is 1. The first-order chi connectivity index (χ1) is 15.6. The third-order valence-corrected chi connectivity index (χ3v) is 4.77. The van der Waals surface area contributed by atoms with Crippen molar-refractivity contribution >= 4 is 17.7 Å². The van der Waals surface area contributed by atoms with Gasteiger partial charge in [0, 0.05) is 43.0 Å². The van der Waals surface area contributed by atoms with Crippen molar-refractivity contribution in [1.82, 2.24) is 9.88 Å². The molecule has 1 aliphatic rings. The van der Waals surface area contributed by atoms with Crippen LogP contribution in [0.1, 0.15) is 24.1 Å². The lowest BCUT2D eigenvalue weighted by atomic mass is 9.99. The van der Waals surface area contributed by atoms with E-state index in [2.05, 4.69) is 10.3 Å². The molecule has 0 saturated carbocycles. The van der Waals surface area contributed by atoms with Crippen LogP contribution in [0.15, 0.2) is 42.5 Å². The van der Waals surface area contributed by atoms with Gasteiger partial charge in [-0.3, -0.25) is 0 Å². The van der Waals surface area contributed by atoms with Crippen LogP contribution in [0.5, 0.6) is 5.88 Å². The number of para-hydroxylation sites is 1. The summed E-state index contributed by atoms with van der Waals surface area (Å²) in [5, 5.41) is 10.1. The number of anilines is 1. The molecule has 3 rings (SSSR count). The molecule has 0 bridgehead atoms. The van der Waals surface area contributed by atoms with Crippen LogP contribution in [0.4, 0.5) is 23.7 Å². The van der Waals surface area contributed by atoms with Crippen LogP contribution in [0.3, 0.4) is 0 Å². The Morgan fingerprint density at radius 2 is 1.94 bits per heavy atom. The number of aromatic nitrogens is 1. The molecule has 0 unspecified atom stereocenters. The molecule has 2 amide bonds. The molecule has 1 aromatic carbocycles. The summed E-state index contributed by atoms with van der Waals surface area (Å²) in [5.41, 5.74) is 8.43. The van der Waals surface area contributed by atoms with Crippen LogP contribution in [-0.4, -0.2) is 52.9 Å². The maximum Gasteiger partial charge on any atom is 0.490 e. The number of nitrogens with zero attached hydrogens (tertiary/aromatic N) is 2. The number of benzene rings is 1. The molecular weight excluding hydrogens is 441 g/mol. The normalized spacial score (nSPS) is 15.8. The van der Waals surface area contributed by atoms with Crippen molar-refractivity contribution in [2.24, 2.45) is 11.7 Å². The minimum absolute atomic E-state index is 0.0556. The summed E-state index contributed by atoms with van der Waals surface area (Å²) >= 11 is 0. The number of likely N-dealkylation sites (tertiary alicyclic amines) is 1. The average molecular weight is 468 g/mol. The molecule has 2 aromatic rings. The number of carboxylic acid groups (broad SMARTS) is 1. The van der Waals surface area contributed by atoms with Gasteiger partial charge < -0.3 is 25.8 Å². The summed E-state index contributed by atoms with van der Waals surface area (Å²) in [6, 6.07) is 13.3. The number of pyridine rings is 1. The third-order valence-electron chi connectivity index (χ3n) is 4.77. The SMILES string of the molecule is Cc1cc(CN)cc(OC[C@H]2CCCN(C(=O)Nc3ccccc3)C2)n1.O=C(O)C(F)(F)F. The molecule has 1 saturated heterocycles. The molecule has 11 heteroatoms. The number of ether oxygens (including phenoxy) is 1. The Balaban J connectivity index is 0.000000479. The predicted molar refractivity (Wildman–Crippen MR) is 116 cm³/mol. The van der Waals surface area contributed by atoms with Crippen molar-refractivity contribution in [3.05, 3.63) is 53.7 Å². The van der Waals surface area contributed by atoms with Gasteiger partial charge in [0.1, 0.15) is 0 Å². The number of carboxylic acids is 1. The predicted octanol–water partition coefficient (Wildman–Crippen LogP) is 3.80. The summed E-state index contributed by atoms with van der Waals surface area (Å²) in [5.74, 6) is -1.85. The number of rotatable bonds is 5. The Kier molecular flexibility index (Phi) is 9.46. The largest absolute Gasteiger partial charge is 0.490 e. The maximum atomic E-state index is 12.5. The highest BCUT2D eigenvalue weighted by atomic mass is 19.4. The number of aryl methyl sites for hydroxylation is 1. The van der Waals surface area contributed by atoms with Gasteiger partial charge in [0.25, 0.3) is 0 Å². The van der Waals surface area contributed by atoms with Crippen LogP contribution in [-0.2, 0) is 11.3 Å². The molecule has 0 radical (unpaired) electrons. The average Bonchev–Trinajstić information content (AvgIpc) is 2.78. The maximum absolute atomic E-state index is 12.5. The van der Waals surface area contributed by atoms with Crippen molar-refractivity contribution < 1.29 is 32.6 Å². The Bertz CT molecular complexity index is 926. The number of hydrogen-bond donors (Lipinski definition) is 3. The van der Waals surface area contributed by atoms with Gasteiger partial charge in [-0.05, 0) is 43.5 Å². The lowest BCUT2D eigenvalue weighted by Gasteiger charge is -2.32. The van der Waals surface area contributed by atoms with E-state index in [4.69, 9.17) is 20.4 Å². The van der Waals surface area contributed by atoms with Gasteiger partial charge in [-0.1, -0.05) is 18.2 Å². The fourth-order valence-corrected chi connectivity index (χ4v) is 3.21. The first kappa shape index (κ1) is 25.9. The third kappa shape index (κ3) is 8.97. The highest BCUT2D eigenvalue weighted by Gasteiger charge is 2.38. The Labute approximate surface area is 189 Å². The van der Waals surface area contributed by atoms with E-state index in [1.807, 2.05) is 54.3 Å². The van der Waals surface area contributed by atoms with E-state index in [0.717, 1.165) is 36.3 Å². The summed E-state index contributed by atoms with van der Waals surface area (Å²) in [7, 11) is 0. The van der Waals surface area contributed by atoms with E-state index in [-0.39, 0.29) is 6.03 Å². The molecule has 1 aliphatic heterocycles. The van der Waals surface area contributed by atoms with Crippen LogP contribution >= 0.6 is 0 Å². The number of amides is 2. The molecule has 2 heterocycles. The van der Waals surface area contributed by atoms with E-state index in [1.54, 1.807) is 0 Å². The van der Waals surface area contributed by atoms with Crippen LogP contribution < -0.4 is 15.8 Å². The summed E-state index contributed by atoms with van der Waals surface area (Å²) < 4.78 is 37.6. The Morgan fingerprint density at radius 1 is 1.27 bits per heavy atom. The highest BCUT2D eigenvalue weighted by Crippen LogP contribution is 2.20. The number of alkyl halides is 3. The molecule has 1 aromatic heterocycles. The highest BCUT2D eigenvalue weighted by molar-refractivity contribution is 5.89. The van der Waals surface area contributed by atoms with Crippen molar-refractivity contribution in [2.45, 2.75) is 32.5 Å². The quantitative estimate of drug-likeness (QED) is 0.614. The minimum atomic E-state index is -5.08. The zero-order valence-corrected chi connectivity index (χ0v) is 18.1. The smallest absolute Gasteiger partial charge is 0.477 e. The van der Waals surface area contributed by atoms with Crippen molar-refractivity contribution in [2.75, 3.05) is 25.0 Å². The second-order valence-electron chi connectivity index (χ2n) is 7.52. The number of halogens is 3. The standard InChI is InChI=1S/C20H26N4O2.C2HF3O2/c1-15-10-17(12-21)11-19(22-15)26-14-16-6-5-9-24(13-16)20(25)23-18-7-3-2-4-8-18;3-2(4,5)1(6)7/h2-4,7-8,10-11,16H,5-6,9,12-14,21H2,1H3,(H,23,25);(H,6,7)/t16-;/m0./s1. The number of nitrogens with two attached hydrogens (primary N) is 1. The summed E-state index contributed by atoms with van der Waals surface area (Å²) in [6.45, 7) is 4.41. The topological polar surface area (TPSA) is 118 Å². The summed E-state index contributed by atoms with van der Waals surface area (Å²) in [4.78, 5) is 27.6. The van der Waals surface area contributed by atoms with Crippen LogP contribution in [0.2, 0.25) is 0 Å².